The van der Waals surface area contributed by atoms with Crippen LogP contribution in [0.15, 0.2) is 18.5 Å². The molecule has 1 atom stereocenters. The summed E-state index contributed by atoms with van der Waals surface area (Å²) in [5.74, 6) is 0.414. The van der Waals surface area contributed by atoms with Gasteiger partial charge in [-0.25, -0.2) is 9.50 Å². The Morgan fingerprint density at radius 1 is 1.29 bits per heavy atom. The van der Waals surface area contributed by atoms with Gasteiger partial charge in [0.05, 0.1) is 12.1 Å². The summed E-state index contributed by atoms with van der Waals surface area (Å²) in [5, 5.41) is 7.26. The van der Waals surface area contributed by atoms with Gasteiger partial charge in [-0.15, -0.1) is 0 Å². The maximum atomic E-state index is 12.4. The molecule has 0 fully saturated rings. The van der Waals surface area contributed by atoms with E-state index in [0.29, 0.717) is 11.3 Å². The van der Waals surface area contributed by atoms with E-state index >= 15 is 0 Å². The Labute approximate surface area is 121 Å². The molecular formula is C14H19F3N4. The number of anilines is 1. The minimum absolute atomic E-state index is 0.138. The number of aromatic nitrogens is 3. The van der Waals surface area contributed by atoms with Crippen molar-refractivity contribution >= 4 is 11.3 Å². The molecule has 0 aliphatic carbocycles. The first-order chi connectivity index (χ1) is 9.56. The number of alkyl halides is 3. The van der Waals surface area contributed by atoms with Gasteiger partial charge in [0, 0.05) is 23.9 Å². The lowest BCUT2D eigenvalue weighted by Gasteiger charge is -2.16. The molecule has 2 rings (SSSR count). The zero-order valence-electron chi connectivity index (χ0n) is 12.5. The van der Waals surface area contributed by atoms with Crippen molar-refractivity contribution in [2.75, 3.05) is 5.32 Å². The summed E-state index contributed by atoms with van der Waals surface area (Å²) >= 11 is 0. The third-order valence-electron chi connectivity index (χ3n) is 3.08. The lowest BCUT2D eigenvalue weighted by atomic mass is 9.92. The molecule has 0 radical (unpaired) electrons. The monoisotopic (exact) mass is 300 g/mol. The highest BCUT2D eigenvalue weighted by Gasteiger charge is 2.30. The molecule has 0 saturated heterocycles. The maximum Gasteiger partial charge on any atom is 0.391 e. The van der Waals surface area contributed by atoms with Gasteiger partial charge in [0.1, 0.15) is 5.52 Å². The van der Waals surface area contributed by atoms with Crippen LogP contribution in [0.4, 0.5) is 19.0 Å². The highest BCUT2D eigenvalue weighted by atomic mass is 19.4. The van der Waals surface area contributed by atoms with E-state index < -0.39 is 18.6 Å². The third-order valence-corrected chi connectivity index (χ3v) is 3.08. The number of fused-ring (bicyclic) bond motifs is 1. The van der Waals surface area contributed by atoms with Crippen molar-refractivity contribution in [1.82, 2.24) is 14.6 Å². The average molecular weight is 300 g/mol. The molecule has 1 N–H and O–H groups in total. The van der Waals surface area contributed by atoms with Crippen molar-refractivity contribution in [2.24, 2.45) is 0 Å². The lowest BCUT2D eigenvalue weighted by molar-refractivity contribution is -0.136. The highest BCUT2D eigenvalue weighted by Crippen LogP contribution is 2.26. The van der Waals surface area contributed by atoms with Gasteiger partial charge < -0.3 is 5.32 Å². The van der Waals surface area contributed by atoms with Crippen LogP contribution in [0.2, 0.25) is 0 Å². The summed E-state index contributed by atoms with van der Waals surface area (Å²) in [6.07, 6.45) is -1.90. The fourth-order valence-corrected chi connectivity index (χ4v) is 2.03. The summed E-state index contributed by atoms with van der Waals surface area (Å²) < 4.78 is 38.9. The predicted molar refractivity (Wildman–Crippen MR) is 75.4 cm³/mol. The molecular weight excluding hydrogens is 281 g/mol. The minimum Gasteiger partial charge on any atom is -0.365 e. The number of nitrogens with one attached hydrogen (secondary N) is 1. The van der Waals surface area contributed by atoms with Crippen LogP contribution in [0, 0.1) is 0 Å². The molecule has 0 spiro atoms. The van der Waals surface area contributed by atoms with Crippen molar-refractivity contribution in [3.63, 3.8) is 0 Å². The Hall–Kier alpha value is -1.79. The smallest absolute Gasteiger partial charge is 0.365 e. The second-order valence-electron chi connectivity index (χ2n) is 6.25. The van der Waals surface area contributed by atoms with Gasteiger partial charge in [-0.1, -0.05) is 20.8 Å². The second-order valence-corrected chi connectivity index (χ2v) is 6.25. The Kier molecular flexibility index (Phi) is 3.86. The summed E-state index contributed by atoms with van der Waals surface area (Å²) in [6, 6.07) is 1.10. The standard InChI is InChI=1S/C14H19F3N4/c1-9(8-14(15,16)17)19-12-10-7-11(13(2,3)4)20-21(10)6-5-18-12/h5-7,9H,8H2,1-4H3,(H,18,19). The van der Waals surface area contributed by atoms with Gasteiger partial charge in [-0.3, -0.25) is 0 Å². The zero-order chi connectivity index (χ0) is 15.8. The van der Waals surface area contributed by atoms with Crippen molar-refractivity contribution in [3.05, 3.63) is 24.2 Å². The first kappa shape index (κ1) is 15.6. The molecule has 116 valence electrons. The SMILES string of the molecule is CC(CC(F)(F)F)Nc1nccn2nc(C(C)(C)C)cc12. The molecule has 4 nitrogen and oxygen atoms in total. The fraction of sp³-hybridized carbons (Fsp3) is 0.571. The van der Waals surface area contributed by atoms with E-state index in [1.165, 1.54) is 13.1 Å². The number of nitrogens with zero attached hydrogens (tertiary/aromatic N) is 3. The molecule has 7 heteroatoms. The Morgan fingerprint density at radius 3 is 2.52 bits per heavy atom. The molecule has 2 heterocycles. The van der Waals surface area contributed by atoms with Gasteiger partial charge in [0.15, 0.2) is 5.82 Å². The van der Waals surface area contributed by atoms with Gasteiger partial charge >= 0.3 is 6.18 Å². The lowest BCUT2D eigenvalue weighted by Crippen LogP contribution is -2.24. The molecule has 0 aromatic carbocycles. The highest BCUT2D eigenvalue weighted by molar-refractivity contribution is 5.68. The van der Waals surface area contributed by atoms with Crippen LogP contribution >= 0.6 is 0 Å². The van der Waals surface area contributed by atoms with Crippen LogP contribution in [-0.4, -0.2) is 26.8 Å². The molecule has 2 aromatic rings. The molecule has 0 bridgehead atoms. The van der Waals surface area contributed by atoms with E-state index in [-0.39, 0.29) is 5.41 Å². The molecule has 0 aliphatic heterocycles. The number of halogens is 3. The van der Waals surface area contributed by atoms with Gasteiger partial charge in [0.2, 0.25) is 0 Å². The molecule has 0 saturated carbocycles. The molecule has 0 amide bonds. The van der Waals surface area contributed by atoms with Crippen LogP contribution in [0.5, 0.6) is 0 Å². The van der Waals surface area contributed by atoms with E-state index in [1.807, 2.05) is 26.8 Å². The van der Waals surface area contributed by atoms with Crippen molar-refractivity contribution in [2.45, 2.75) is 51.7 Å². The summed E-state index contributed by atoms with van der Waals surface area (Å²) in [7, 11) is 0. The minimum atomic E-state index is -4.20. The molecule has 1 unspecified atom stereocenters. The third kappa shape index (κ3) is 3.86. The molecule has 2 aromatic heterocycles. The Balaban J connectivity index is 2.30. The average Bonchev–Trinajstić information content (AvgIpc) is 2.70. The first-order valence-electron chi connectivity index (χ1n) is 6.74. The quantitative estimate of drug-likeness (QED) is 0.938. The first-order valence-corrected chi connectivity index (χ1v) is 6.74. The van der Waals surface area contributed by atoms with Crippen molar-refractivity contribution < 1.29 is 13.2 Å². The Bertz CT molecular complexity index is 625. The van der Waals surface area contributed by atoms with Crippen LogP contribution in [0.3, 0.4) is 0 Å². The number of rotatable bonds is 3. The fourth-order valence-electron chi connectivity index (χ4n) is 2.03. The van der Waals surface area contributed by atoms with E-state index in [2.05, 4.69) is 15.4 Å². The molecule has 21 heavy (non-hydrogen) atoms. The van der Waals surface area contributed by atoms with Crippen LogP contribution in [0.1, 0.15) is 39.8 Å². The normalized spacial score (nSPS) is 14.4. The summed E-state index contributed by atoms with van der Waals surface area (Å²) in [5.41, 5.74) is 1.40. The number of hydrogen-bond donors (Lipinski definition) is 1. The second kappa shape index (κ2) is 5.20. The zero-order valence-corrected chi connectivity index (χ0v) is 12.5. The van der Waals surface area contributed by atoms with Crippen molar-refractivity contribution in [3.8, 4) is 0 Å². The largest absolute Gasteiger partial charge is 0.391 e. The molecule has 0 aliphatic rings. The van der Waals surface area contributed by atoms with Gasteiger partial charge in [0.25, 0.3) is 0 Å². The maximum absolute atomic E-state index is 12.4. The van der Waals surface area contributed by atoms with Crippen LogP contribution in [-0.2, 0) is 5.41 Å². The van der Waals surface area contributed by atoms with Gasteiger partial charge in [-0.05, 0) is 13.0 Å². The summed E-state index contributed by atoms with van der Waals surface area (Å²) in [6.45, 7) is 7.57. The topological polar surface area (TPSA) is 42.2 Å². The van der Waals surface area contributed by atoms with E-state index in [0.717, 1.165) is 5.69 Å². The van der Waals surface area contributed by atoms with E-state index in [9.17, 15) is 13.2 Å². The van der Waals surface area contributed by atoms with Crippen molar-refractivity contribution in [1.29, 1.82) is 0 Å². The summed E-state index contributed by atoms with van der Waals surface area (Å²) in [4.78, 5) is 4.13. The van der Waals surface area contributed by atoms with E-state index in [1.54, 1.807) is 10.7 Å². The van der Waals surface area contributed by atoms with Crippen LogP contribution < -0.4 is 5.32 Å². The van der Waals surface area contributed by atoms with E-state index in [4.69, 9.17) is 0 Å². The van der Waals surface area contributed by atoms with Crippen LogP contribution in [0.25, 0.3) is 5.52 Å². The van der Waals surface area contributed by atoms with Gasteiger partial charge in [-0.2, -0.15) is 18.3 Å². The number of hydrogen-bond acceptors (Lipinski definition) is 3. The predicted octanol–water partition coefficient (Wildman–Crippen LogP) is 3.78. The Morgan fingerprint density at radius 2 is 1.95 bits per heavy atom.